The average molecular weight is 374 g/mol. The molecule has 2 aliphatic rings. The van der Waals surface area contributed by atoms with Crippen LogP contribution < -0.4 is 0 Å². The van der Waals surface area contributed by atoms with Gasteiger partial charge in [0.25, 0.3) is 0 Å². The minimum Gasteiger partial charge on any atom is -0.378 e. The highest BCUT2D eigenvalue weighted by molar-refractivity contribution is 6.31. The molecule has 26 heavy (non-hydrogen) atoms. The van der Waals surface area contributed by atoms with Crippen LogP contribution in [0.4, 0.5) is 4.39 Å². The number of rotatable bonds is 2. The molecule has 136 valence electrons. The van der Waals surface area contributed by atoms with E-state index in [-0.39, 0.29) is 12.0 Å². The van der Waals surface area contributed by atoms with Gasteiger partial charge in [0.15, 0.2) is 0 Å². The zero-order valence-corrected chi connectivity index (χ0v) is 15.4. The van der Waals surface area contributed by atoms with Crippen molar-refractivity contribution in [2.24, 2.45) is 0 Å². The van der Waals surface area contributed by atoms with Crippen LogP contribution in [0.2, 0.25) is 5.02 Å². The standard InChI is InChI=1S/C20H21ClFN3O/c1-11-6-15(4-5-26-11)25-19-16-9-13(21)2-3-17(16)23-10-18(19)24-20(25)12-7-14(22)8-12/h2-3,9-12,14-15H,4-8H2,1H3/t11-,12?,14?,15-/m1/s1. The van der Waals surface area contributed by atoms with Crippen LogP contribution in [0.1, 0.15) is 50.4 Å². The lowest BCUT2D eigenvalue weighted by molar-refractivity contribution is 0.00547. The quantitative estimate of drug-likeness (QED) is 0.620. The lowest BCUT2D eigenvalue weighted by Crippen LogP contribution is -2.30. The molecule has 0 unspecified atom stereocenters. The molecule has 2 aromatic heterocycles. The molecular weight excluding hydrogens is 353 g/mol. The highest BCUT2D eigenvalue weighted by Gasteiger charge is 2.36. The van der Waals surface area contributed by atoms with Crippen molar-refractivity contribution in [1.29, 1.82) is 0 Å². The highest BCUT2D eigenvalue weighted by Crippen LogP contribution is 2.43. The molecule has 0 N–H and O–H groups in total. The Morgan fingerprint density at radius 2 is 2.08 bits per heavy atom. The Labute approximate surface area is 156 Å². The van der Waals surface area contributed by atoms with E-state index in [4.69, 9.17) is 21.3 Å². The van der Waals surface area contributed by atoms with Gasteiger partial charge in [-0.1, -0.05) is 11.6 Å². The number of aromatic nitrogens is 3. The summed E-state index contributed by atoms with van der Waals surface area (Å²) in [6, 6.07) is 6.08. The maximum atomic E-state index is 13.6. The Balaban J connectivity index is 1.76. The van der Waals surface area contributed by atoms with Crippen LogP contribution in [0.5, 0.6) is 0 Å². The summed E-state index contributed by atoms with van der Waals surface area (Å²) in [4.78, 5) is 9.45. The molecule has 4 nitrogen and oxygen atoms in total. The first-order chi connectivity index (χ1) is 12.6. The first-order valence-electron chi connectivity index (χ1n) is 9.32. The van der Waals surface area contributed by atoms with E-state index in [1.807, 2.05) is 24.4 Å². The van der Waals surface area contributed by atoms with Crippen LogP contribution in [0, 0.1) is 0 Å². The predicted octanol–water partition coefficient (Wildman–Crippen LogP) is 5.19. The smallest absolute Gasteiger partial charge is 0.113 e. The molecule has 1 aromatic carbocycles. The number of halogens is 2. The van der Waals surface area contributed by atoms with E-state index in [0.717, 1.165) is 47.2 Å². The topological polar surface area (TPSA) is 39.9 Å². The van der Waals surface area contributed by atoms with Crippen LogP contribution in [-0.4, -0.2) is 33.4 Å². The third-order valence-corrected chi connectivity index (χ3v) is 6.01. The van der Waals surface area contributed by atoms with E-state index in [2.05, 4.69) is 16.5 Å². The van der Waals surface area contributed by atoms with Crippen LogP contribution in [0.3, 0.4) is 0 Å². The normalized spacial score (nSPS) is 29.2. The van der Waals surface area contributed by atoms with E-state index in [0.29, 0.717) is 23.9 Å². The second kappa shape index (κ2) is 6.17. The number of fused-ring (bicyclic) bond motifs is 3. The van der Waals surface area contributed by atoms with Crippen molar-refractivity contribution in [3.05, 3.63) is 35.2 Å². The Kier molecular flexibility index (Phi) is 3.90. The predicted molar refractivity (Wildman–Crippen MR) is 101 cm³/mol. The van der Waals surface area contributed by atoms with Crippen molar-refractivity contribution in [2.45, 2.75) is 56.8 Å². The minimum atomic E-state index is -0.703. The van der Waals surface area contributed by atoms with Gasteiger partial charge >= 0.3 is 0 Å². The Morgan fingerprint density at radius 1 is 1.23 bits per heavy atom. The molecule has 5 rings (SSSR count). The molecular formula is C20H21ClFN3O. The average Bonchev–Trinajstić information content (AvgIpc) is 2.98. The van der Waals surface area contributed by atoms with Crippen molar-refractivity contribution in [1.82, 2.24) is 14.5 Å². The zero-order valence-electron chi connectivity index (χ0n) is 14.7. The fraction of sp³-hybridized carbons (Fsp3) is 0.500. The molecule has 0 spiro atoms. The minimum absolute atomic E-state index is 0.185. The number of nitrogens with zero attached hydrogens (tertiary/aromatic N) is 3. The largest absolute Gasteiger partial charge is 0.378 e. The molecule has 1 saturated heterocycles. The molecule has 0 radical (unpaired) electrons. The molecule has 1 aliphatic carbocycles. The summed E-state index contributed by atoms with van der Waals surface area (Å²) < 4.78 is 21.7. The first kappa shape index (κ1) is 16.5. The number of benzene rings is 1. The summed E-state index contributed by atoms with van der Waals surface area (Å²) in [5, 5.41) is 1.71. The summed E-state index contributed by atoms with van der Waals surface area (Å²) in [5.41, 5.74) is 2.86. The maximum absolute atomic E-state index is 13.6. The van der Waals surface area contributed by atoms with E-state index < -0.39 is 6.17 Å². The fourth-order valence-corrected chi connectivity index (χ4v) is 4.56. The SMILES string of the molecule is C[C@@H]1C[C@H](n2c(C3CC(F)C3)nc3cnc4ccc(Cl)cc4c32)CCO1. The van der Waals surface area contributed by atoms with E-state index in [1.165, 1.54) is 0 Å². The van der Waals surface area contributed by atoms with Gasteiger partial charge in [0.2, 0.25) is 0 Å². The summed E-state index contributed by atoms with van der Waals surface area (Å²) in [6.07, 6.45) is 4.35. The lowest BCUT2D eigenvalue weighted by atomic mass is 9.82. The number of imidazole rings is 1. The lowest BCUT2D eigenvalue weighted by Gasteiger charge is -2.34. The molecule has 2 fully saturated rings. The second-order valence-corrected chi connectivity index (χ2v) is 8.06. The summed E-state index contributed by atoms with van der Waals surface area (Å²) in [5.74, 6) is 1.19. The molecule has 0 amide bonds. The molecule has 0 bridgehead atoms. The van der Waals surface area contributed by atoms with Gasteiger partial charge in [0.1, 0.15) is 17.5 Å². The summed E-state index contributed by atoms with van der Waals surface area (Å²) in [6.45, 7) is 2.85. The number of alkyl halides is 1. The van der Waals surface area contributed by atoms with Crippen molar-refractivity contribution < 1.29 is 9.13 Å². The number of hydrogen-bond acceptors (Lipinski definition) is 3. The van der Waals surface area contributed by atoms with Crippen molar-refractivity contribution in [2.75, 3.05) is 6.61 Å². The monoisotopic (exact) mass is 373 g/mol. The molecule has 1 saturated carbocycles. The highest BCUT2D eigenvalue weighted by atomic mass is 35.5. The number of pyridine rings is 1. The summed E-state index contributed by atoms with van der Waals surface area (Å²) in [7, 11) is 0. The van der Waals surface area contributed by atoms with Crippen LogP contribution in [0.15, 0.2) is 24.4 Å². The van der Waals surface area contributed by atoms with Gasteiger partial charge < -0.3 is 9.30 Å². The molecule has 3 heterocycles. The van der Waals surface area contributed by atoms with Crippen molar-refractivity contribution in [3.63, 3.8) is 0 Å². The van der Waals surface area contributed by atoms with Gasteiger partial charge in [-0.3, -0.25) is 4.98 Å². The second-order valence-electron chi connectivity index (χ2n) is 7.62. The van der Waals surface area contributed by atoms with Gasteiger partial charge in [-0.25, -0.2) is 9.37 Å². The molecule has 6 heteroatoms. The van der Waals surface area contributed by atoms with Gasteiger partial charge in [0, 0.05) is 29.0 Å². The number of hydrogen-bond donors (Lipinski definition) is 0. The molecule has 1 aliphatic heterocycles. The number of ether oxygens (including phenoxy) is 1. The Hall–Kier alpha value is -1.72. The first-order valence-corrected chi connectivity index (χ1v) is 9.69. The van der Waals surface area contributed by atoms with Crippen molar-refractivity contribution >= 4 is 33.5 Å². The van der Waals surface area contributed by atoms with Crippen LogP contribution >= 0.6 is 11.6 Å². The Bertz CT molecular complexity index is 982. The molecule has 2 atom stereocenters. The fourth-order valence-electron chi connectivity index (χ4n) is 4.39. The third kappa shape index (κ3) is 2.60. The van der Waals surface area contributed by atoms with Crippen LogP contribution in [0.25, 0.3) is 21.9 Å². The van der Waals surface area contributed by atoms with E-state index in [1.54, 1.807) is 0 Å². The van der Waals surface area contributed by atoms with Crippen LogP contribution in [-0.2, 0) is 4.74 Å². The van der Waals surface area contributed by atoms with Gasteiger partial charge in [0.05, 0.1) is 23.3 Å². The van der Waals surface area contributed by atoms with E-state index >= 15 is 0 Å². The molecule has 3 aromatic rings. The summed E-state index contributed by atoms with van der Waals surface area (Å²) >= 11 is 6.28. The van der Waals surface area contributed by atoms with Gasteiger partial charge in [-0.2, -0.15) is 0 Å². The van der Waals surface area contributed by atoms with Gasteiger partial charge in [-0.15, -0.1) is 0 Å². The Morgan fingerprint density at radius 3 is 2.85 bits per heavy atom. The third-order valence-electron chi connectivity index (χ3n) is 5.77. The zero-order chi connectivity index (χ0) is 17.8. The maximum Gasteiger partial charge on any atom is 0.113 e. The van der Waals surface area contributed by atoms with Crippen molar-refractivity contribution in [3.8, 4) is 0 Å². The van der Waals surface area contributed by atoms with Gasteiger partial charge in [-0.05, 0) is 50.8 Å². The van der Waals surface area contributed by atoms with E-state index in [9.17, 15) is 4.39 Å².